The maximum atomic E-state index is 6.13. The Morgan fingerprint density at radius 2 is 1.82 bits per heavy atom. The van der Waals surface area contributed by atoms with E-state index in [1.807, 2.05) is 30.4 Å². The van der Waals surface area contributed by atoms with Crippen LogP contribution in [0.3, 0.4) is 0 Å². The quantitative estimate of drug-likeness (QED) is 0.366. The van der Waals surface area contributed by atoms with Gasteiger partial charge < -0.3 is 9.16 Å². The molecule has 0 aliphatic rings. The summed E-state index contributed by atoms with van der Waals surface area (Å²) in [6, 6.07) is 10.2. The third-order valence-corrected chi connectivity index (χ3v) is 8.58. The molecule has 0 saturated heterocycles. The van der Waals surface area contributed by atoms with Gasteiger partial charge in [0.2, 0.25) is 0 Å². The number of benzene rings is 1. The summed E-state index contributed by atoms with van der Waals surface area (Å²) in [5, 5.41) is 0.232. The first-order chi connectivity index (χ1) is 10.2. The number of hydrogen-bond donors (Lipinski definition) is 0. The van der Waals surface area contributed by atoms with Gasteiger partial charge in [-0.1, -0.05) is 69.8 Å². The zero-order chi connectivity index (χ0) is 16.6. The van der Waals surface area contributed by atoms with Crippen molar-refractivity contribution in [2.24, 2.45) is 0 Å². The molecule has 0 radical (unpaired) electrons. The first-order valence-electron chi connectivity index (χ1n) is 7.82. The van der Waals surface area contributed by atoms with Gasteiger partial charge in [0.25, 0.3) is 0 Å². The highest BCUT2D eigenvalue weighted by atomic mass is 28.4. The van der Waals surface area contributed by atoms with Crippen molar-refractivity contribution in [2.75, 3.05) is 13.2 Å². The topological polar surface area (TPSA) is 18.5 Å². The van der Waals surface area contributed by atoms with Crippen molar-refractivity contribution in [3.63, 3.8) is 0 Å². The Morgan fingerprint density at radius 3 is 2.41 bits per heavy atom. The number of rotatable bonds is 8. The van der Waals surface area contributed by atoms with Gasteiger partial charge in [0.1, 0.15) is 0 Å². The van der Waals surface area contributed by atoms with Crippen molar-refractivity contribution in [1.82, 2.24) is 0 Å². The zero-order valence-corrected chi connectivity index (χ0v) is 15.7. The molecule has 0 fully saturated rings. The molecule has 0 unspecified atom stereocenters. The van der Waals surface area contributed by atoms with Gasteiger partial charge in [0, 0.05) is 0 Å². The lowest BCUT2D eigenvalue weighted by molar-refractivity contribution is 0.148. The van der Waals surface area contributed by atoms with E-state index in [0.717, 1.165) is 5.57 Å². The van der Waals surface area contributed by atoms with Crippen LogP contribution in [0.15, 0.2) is 54.6 Å². The molecule has 0 saturated carbocycles. The standard InChI is InChI=1S/C19H30O2Si/c1-17(15-21-22(5,6)19(2,3)4)11-10-14-20-16-18-12-8-7-9-13-18/h7-13H,1,14-16H2,2-6H3/b11-10+. The summed E-state index contributed by atoms with van der Waals surface area (Å²) in [6.45, 7) is 17.1. The van der Waals surface area contributed by atoms with Crippen molar-refractivity contribution >= 4 is 8.32 Å². The van der Waals surface area contributed by atoms with Crippen molar-refractivity contribution in [1.29, 1.82) is 0 Å². The van der Waals surface area contributed by atoms with Gasteiger partial charge in [-0.3, -0.25) is 0 Å². The molecule has 0 bridgehead atoms. The van der Waals surface area contributed by atoms with Gasteiger partial charge in [-0.15, -0.1) is 0 Å². The maximum Gasteiger partial charge on any atom is 0.192 e. The lowest BCUT2D eigenvalue weighted by Crippen LogP contribution is -2.41. The average Bonchev–Trinajstić information content (AvgIpc) is 2.45. The SMILES string of the molecule is C=C(/C=C/COCc1ccccc1)CO[Si](C)(C)C(C)(C)C. The fraction of sp³-hybridized carbons (Fsp3) is 0.474. The second-order valence-corrected chi connectivity index (χ2v) is 11.9. The van der Waals surface area contributed by atoms with E-state index in [2.05, 4.69) is 52.6 Å². The molecule has 0 aromatic heterocycles. The molecule has 0 aliphatic heterocycles. The van der Waals surface area contributed by atoms with Crippen LogP contribution in [-0.2, 0) is 15.8 Å². The van der Waals surface area contributed by atoms with Crippen molar-refractivity contribution in [3.8, 4) is 0 Å². The Balaban J connectivity index is 2.25. The molecule has 0 heterocycles. The Hall–Kier alpha value is -1.16. The zero-order valence-electron chi connectivity index (χ0n) is 14.7. The summed E-state index contributed by atoms with van der Waals surface area (Å²) in [6.07, 6.45) is 4.00. The minimum atomic E-state index is -1.69. The predicted octanol–water partition coefficient (Wildman–Crippen LogP) is 5.34. The molecule has 0 atom stereocenters. The van der Waals surface area contributed by atoms with Crippen LogP contribution in [-0.4, -0.2) is 21.5 Å². The highest BCUT2D eigenvalue weighted by Gasteiger charge is 2.36. The van der Waals surface area contributed by atoms with E-state index in [0.29, 0.717) is 19.8 Å². The van der Waals surface area contributed by atoms with Crippen LogP contribution in [0.2, 0.25) is 18.1 Å². The minimum absolute atomic E-state index is 0.232. The van der Waals surface area contributed by atoms with Gasteiger partial charge in [0.05, 0.1) is 19.8 Å². The molecule has 0 N–H and O–H groups in total. The smallest absolute Gasteiger partial charge is 0.192 e. The van der Waals surface area contributed by atoms with Crippen LogP contribution >= 0.6 is 0 Å². The number of hydrogen-bond acceptors (Lipinski definition) is 2. The molecule has 2 nitrogen and oxygen atoms in total. The van der Waals surface area contributed by atoms with E-state index >= 15 is 0 Å². The van der Waals surface area contributed by atoms with Crippen LogP contribution in [0.5, 0.6) is 0 Å². The summed E-state index contributed by atoms with van der Waals surface area (Å²) in [4.78, 5) is 0. The van der Waals surface area contributed by atoms with Crippen LogP contribution in [0.4, 0.5) is 0 Å². The molecule has 1 aromatic rings. The van der Waals surface area contributed by atoms with Crippen LogP contribution < -0.4 is 0 Å². The minimum Gasteiger partial charge on any atom is -0.413 e. The summed E-state index contributed by atoms with van der Waals surface area (Å²) >= 11 is 0. The third-order valence-electron chi connectivity index (χ3n) is 4.10. The lowest BCUT2D eigenvalue weighted by atomic mass is 10.2. The van der Waals surface area contributed by atoms with Gasteiger partial charge >= 0.3 is 0 Å². The lowest BCUT2D eigenvalue weighted by Gasteiger charge is -2.36. The summed E-state index contributed by atoms with van der Waals surface area (Å²) in [5.41, 5.74) is 2.18. The highest BCUT2D eigenvalue weighted by molar-refractivity contribution is 6.74. The van der Waals surface area contributed by atoms with E-state index < -0.39 is 8.32 Å². The predicted molar refractivity (Wildman–Crippen MR) is 97.5 cm³/mol. The van der Waals surface area contributed by atoms with Crippen LogP contribution in [0, 0.1) is 0 Å². The van der Waals surface area contributed by atoms with Crippen molar-refractivity contribution in [3.05, 3.63) is 60.2 Å². The van der Waals surface area contributed by atoms with Gasteiger partial charge in [-0.05, 0) is 29.3 Å². The van der Waals surface area contributed by atoms with Gasteiger partial charge in [-0.2, -0.15) is 0 Å². The first kappa shape index (κ1) is 18.9. The average molecular weight is 319 g/mol. The fourth-order valence-electron chi connectivity index (χ4n) is 1.57. The second kappa shape index (κ2) is 8.46. The molecule has 122 valence electrons. The van der Waals surface area contributed by atoms with Crippen LogP contribution in [0.1, 0.15) is 26.3 Å². The van der Waals surface area contributed by atoms with Crippen LogP contribution in [0.25, 0.3) is 0 Å². The summed E-state index contributed by atoms with van der Waals surface area (Å²) in [7, 11) is -1.69. The second-order valence-electron chi connectivity index (χ2n) is 7.11. The Labute approximate surface area is 137 Å². The van der Waals surface area contributed by atoms with Crippen molar-refractivity contribution in [2.45, 2.75) is 45.5 Å². The largest absolute Gasteiger partial charge is 0.413 e. The first-order valence-corrected chi connectivity index (χ1v) is 10.7. The normalized spacial score (nSPS) is 12.8. The van der Waals surface area contributed by atoms with E-state index in [-0.39, 0.29) is 5.04 Å². The Morgan fingerprint density at radius 1 is 1.18 bits per heavy atom. The molecular weight excluding hydrogens is 288 g/mol. The molecule has 1 aromatic carbocycles. The Kier molecular flexibility index (Phi) is 7.27. The summed E-state index contributed by atoms with van der Waals surface area (Å²) < 4.78 is 11.7. The maximum absolute atomic E-state index is 6.13. The van der Waals surface area contributed by atoms with E-state index in [4.69, 9.17) is 9.16 Å². The van der Waals surface area contributed by atoms with E-state index in [9.17, 15) is 0 Å². The number of ether oxygens (including phenoxy) is 1. The molecule has 0 aliphatic carbocycles. The van der Waals surface area contributed by atoms with E-state index in [1.54, 1.807) is 0 Å². The molecule has 0 spiro atoms. The molecule has 0 amide bonds. The fourth-order valence-corrected chi connectivity index (χ4v) is 2.55. The van der Waals surface area contributed by atoms with E-state index in [1.165, 1.54) is 5.56 Å². The Bertz CT molecular complexity index is 484. The van der Waals surface area contributed by atoms with Gasteiger partial charge in [-0.25, -0.2) is 0 Å². The van der Waals surface area contributed by atoms with Crippen molar-refractivity contribution < 1.29 is 9.16 Å². The monoisotopic (exact) mass is 318 g/mol. The molecule has 22 heavy (non-hydrogen) atoms. The highest BCUT2D eigenvalue weighted by Crippen LogP contribution is 2.36. The summed E-state index contributed by atoms with van der Waals surface area (Å²) in [5.74, 6) is 0. The van der Waals surface area contributed by atoms with Gasteiger partial charge in [0.15, 0.2) is 8.32 Å². The molecule has 1 rings (SSSR count). The third kappa shape index (κ3) is 6.73. The molecular formula is C19H30O2Si. The molecule has 3 heteroatoms.